The van der Waals surface area contributed by atoms with Gasteiger partial charge in [-0.2, -0.15) is 9.97 Å². The molecule has 0 radical (unpaired) electrons. The number of hydrogen-bond acceptors (Lipinski definition) is 8. The molecule has 2 aromatic heterocycles. The summed E-state index contributed by atoms with van der Waals surface area (Å²) < 4.78 is 21.8. The first-order chi connectivity index (χ1) is 17.5. The highest BCUT2D eigenvalue weighted by Crippen LogP contribution is 2.38. The molecule has 6 rings (SSSR count). The first-order valence-corrected chi connectivity index (χ1v) is 12.4. The molecule has 2 aromatic carbocycles. The van der Waals surface area contributed by atoms with Gasteiger partial charge in [-0.25, -0.2) is 4.39 Å². The van der Waals surface area contributed by atoms with Crippen molar-refractivity contribution in [2.75, 3.05) is 31.2 Å². The third-order valence-electron chi connectivity index (χ3n) is 6.88. The Labute approximate surface area is 211 Å². The van der Waals surface area contributed by atoms with Crippen LogP contribution in [-0.2, 0) is 0 Å². The van der Waals surface area contributed by atoms with E-state index in [0.717, 1.165) is 31.3 Å². The highest BCUT2D eigenvalue weighted by Gasteiger charge is 2.34. The van der Waals surface area contributed by atoms with Crippen LogP contribution >= 0.6 is 11.6 Å². The number of pyridine rings is 1. The lowest BCUT2D eigenvalue weighted by Gasteiger charge is -2.34. The molecule has 2 unspecified atom stereocenters. The lowest BCUT2D eigenvalue weighted by molar-refractivity contribution is 0.0506. The maximum Gasteiger partial charge on any atom is 0.319 e. The molecule has 3 atom stereocenters. The molecule has 8 nitrogen and oxygen atoms in total. The van der Waals surface area contributed by atoms with Crippen LogP contribution in [0.25, 0.3) is 32.9 Å². The van der Waals surface area contributed by atoms with E-state index < -0.39 is 18.5 Å². The topological polar surface area (TPSA) is 104 Å². The monoisotopic (exact) mass is 509 g/mol. The van der Waals surface area contributed by atoms with Gasteiger partial charge in [0.25, 0.3) is 0 Å². The molecule has 36 heavy (non-hydrogen) atoms. The number of fused-ring (bicyclic) bond motifs is 4. The molecule has 10 heteroatoms. The van der Waals surface area contributed by atoms with Crippen molar-refractivity contribution in [2.45, 2.75) is 31.0 Å². The first-order valence-electron chi connectivity index (χ1n) is 12.0. The van der Waals surface area contributed by atoms with Crippen molar-refractivity contribution in [1.82, 2.24) is 20.3 Å². The van der Waals surface area contributed by atoms with Gasteiger partial charge in [-0.15, -0.1) is 0 Å². The van der Waals surface area contributed by atoms with Crippen molar-refractivity contribution in [2.24, 2.45) is 0 Å². The minimum atomic E-state index is -1.10. The van der Waals surface area contributed by atoms with E-state index in [1.54, 1.807) is 18.3 Å². The zero-order chi connectivity index (χ0) is 24.8. The van der Waals surface area contributed by atoms with Crippen LogP contribution < -0.4 is 15.0 Å². The summed E-state index contributed by atoms with van der Waals surface area (Å²) in [5.74, 6) is -0.0602. The number of aromatic nitrogens is 3. The molecule has 2 bridgehead atoms. The Morgan fingerprint density at radius 3 is 2.64 bits per heavy atom. The van der Waals surface area contributed by atoms with Crippen LogP contribution in [0.1, 0.15) is 12.8 Å². The van der Waals surface area contributed by atoms with Gasteiger partial charge in [0.05, 0.1) is 12.0 Å². The van der Waals surface area contributed by atoms with Crippen molar-refractivity contribution in [3.63, 3.8) is 0 Å². The van der Waals surface area contributed by atoms with Crippen molar-refractivity contribution in [3.8, 4) is 17.3 Å². The molecule has 0 aliphatic carbocycles. The lowest BCUT2D eigenvalue weighted by atomic mass is 10.0. The van der Waals surface area contributed by atoms with Gasteiger partial charge < -0.3 is 25.2 Å². The Balaban J connectivity index is 1.51. The molecule has 0 amide bonds. The zero-order valence-electron chi connectivity index (χ0n) is 19.4. The van der Waals surface area contributed by atoms with E-state index in [9.17, 15) is 5.11 Å². The van der Waals surface area contributed by atoms with Gasteiger partial charge in [0.2, 0.25) is 0 Å². The lowest BCUT2D eigenvalue weighted by Crippen LogP contribution is -2.51. The number of aliphatic hydroxyl groups excluding tert-OH is 2. The molecule has 2 aliphatic rings. The number of nitrogens with zero attached hydrogens (tertiary/aromatic N) is 4. The van der Waals surface area contributed by atoms with E-state index in [1.165, 1.54) is 0 Å². The van der Waals surface area contributed by atoms with Crippen molar-refractivity contribution >= 4 is 39.1 Å². The maximum absolute atomic E-state index is 16.2. The van der Waals surface area contributed by atoms with Crippen LogP contribution in [-0.4, -0.2) is 69.7 Å². The predicted octanol–water partition coefficient (Wildman–Crippen LogP) is 3.31. The summed E-state index contributed by atoms with van der Waals surface area (Å²) >= 11 is 6.50. The van der Waals surface area contributed by atoms with E-state index in [2.05, 4.69) is 25.2 Å². The number of piperazine rings is 1. The number of nitrogens with one attached hydrogen (secondary N) is 1. The maximum atomic E-state index is 16.2. The summed E-state index contributed by atoms with van der Waals surface area (Å²) in [6, 6.07) is 11.7. The number of ether oxygens (including phenoxy) is 1. The SMILES string of the molecule is OC[C@@H](O)COc1nc(N2CC3CCC(C2)N3)c2cnc(-c3cccc4cccc(Cl)c34)c(F)c2n1. The molecule has 186 valence electrons. The molecular weight excluding hydrogens is 485 g/mol. The van der Waals surface area contributed by atoms with Gasteiger partial charge in [-0.05, 0) is 24.3 Å². The van der Waals surface area contributed by atoms with Crippen LogP contribution in [0.3, 0.4) is 0 Å². The minimum Gasteiger partial charge on any atom is -0.461 e. The Morgan fingerprint density at radius 1 is 1.14 bits per heavy atom. The van der Waals surface area contributed by atoms with E-state index in [-0.39, 0.29) is 23.8 Å². The number of aliphatic hydroxyl groups is 2. The normalized spacial score (nSPS) is 20.3. The molecule has 0 spiro atoms. The third kappa shape index (κ3) is 4.12. The quantitative estimate of drug-likeness (QED) is 0.364. The summed E-state index contributed by atoms with van der Waals surface area (Å²) in [5.41, 5.74) is 0.775. The number of anilines is 1. The predicted molar refractivity (Wildman–Crippen MR) is 136 cm³/mol. The van der Waals surface area contributed by atoms with E-state index in [4.69, 9.17) is 21.4 Å². The number of halogens is 2. The van der Waals surface area contributed by atoms with Crippen molar-refractivity contribution in [1.29, 1.82) is 0 Å². The van der Waals surface area contributed by atoms with Crippen LogP contribution in [0.15, 0.2) is 42.6 Å². The van der Waals surface area contributed by atoms with Crippen molar-refractivity contribution in [3.05, 3.63) is 53.4 Å². The van der Waals surface area contributed by atoms with Crippen molar-refractivity contribution < 1.29 is 19.3 Å². The summed E-state index contributed by atoms with van der Waals surface area (Å²) in [4.78, 5) is 15.6. The van der Waals surface area contributed by atoms with E-state index in [1.807, 2.05) is 24.3 Å². The molecule has 4 aromatic rings. The first kappa shape index (κ1) is 23.3. The fourth-order valence-corrected chi connectivity index (χ4v) is 5.48. The number of benzene rings is 2. The standard InChI is InChI=1S/C26H25ClFN5O3/c27-20-6-2-4-14-3-1-5-18(21(14)20)23-22(28)24-19(9-29-23)25(32-26(31-24)36-13-17(35)12-34)33-10-15-7-8-16(11-33)30-15/h1-6,9,15-17,30,34-35H,7-8,10-13H2/t15?,16?,17-/m1/s1. The van der Waals surface area contributed by atoms with Gasteiger partial charge in [0, 0.05) is 47.3 Å². The second kappa shape index (κ2) is 9.40. The molecule has 2 fully saturated rings. The molecule has 3 N–H and O–H groups in total. The summed E-state index contributed by atoms with van der Waals surface area (Å²) in [6.45, 7) is 0.770. The van der Waals surface area contributed by atoms with Crippen LogP contribution in [0.4, 0.5) is 10.2 Å². The van der Waals surface area contributed by atoms with Gasteiger partial charge in [0.15, 0.2) is 5.82 Å². The summed E-state index contributed by atoms with van der Waals surface area (Å²) in [6.07, 6.45) is 2.66. The summed E-state index contributed by atoms with van der Waals surface area (Å²) in [7, 11) is 0. The van der Waals surface area contributed by atoms with Gasteiger partial charge in [-0.3, -0.25) is 4.98 Å². The minimum absolute atomic E-state index is 0.0668. The van der Waals surface area contributed by atoms with Crippen LogP contribution in [0.2, 0.25) is 5.02 Å². The molecule has 0 saturated carbocycles. The van der Waals surface area contributed by atoms with E-state index in [0.29, 0.717) is 39.3 Å². The van der Waals surface area contributed by atoms with Gasteiger partial charge >= 0.3 is 6.01 Å². The third-order valence-corrected chi connectivity index (χ3v) is 7.20. The molecule has 2 aliphatic heterocycles. The average Bonchev–Trinajstić information content (AvgIpc) is 3.24. The number of hydrogen-bond donors (Lipinski definition) is 3. The second-order valence-electron chi connectivity index (χ2n) is 9.35. The van der Waals surface area contributed by atoms with Crippen LogP contribution in [0.5, 0.6) is 6.01 Å². The van der Waals surface area contributed by atoms with Crippen LogP contribution in [0, 0.1) is 5.82 Å². The van der Waals surface area contributed by atoms with Gasteiger partial charge in [-0.1, -0.05) is 41.9 Å². The zero-order valence-corrected chi connectivity index (χ0v) is 20.1. The average molecular weight is 510 g/mol. The molecular formula is C26H25ClFN5O3. The largest absolute Gasteiger partial charge is 0.461 e. The van der Waals surface area contributed by atoms with Gasteiger partial charge in [0.1, 0.15) is 29.7 Å². The highest BCUT2D eigenvalue weighted by atomic mass is 35.5. The number of rotatable bonds is 6. The molecule has 2 saturated heterocycles. The Hall–Kier alpha value is -3.11. The Morgan fingerprint density at radius 2 is 1.89 bits per heavy atom. The second-order valence-corrected chi connectivity index (χ2v) is 9.75. The molecule has 4 heterocycles. The fraction of sp³-hybridized carbons (Fsp3) is 0.346. The summed E-state index contributed by atoms with van der Waals surface area (Å²) in [5, 5.41) is 25.1. The highest BCUT2D eigenvalue weighted by molar-refractivity contribution is 6.36. The van der Waals surface area contributed by atoms with E-state index >= 15 is 4.39 Å². The smallest absolute Gasteiger partial charge is 0.319 e. The Bertz CT molecular complexity index is 1440. The fourth-order valence-electron chi connectivity index (χ4n) is 5.20. The Kier molecular flexibility index (Phi) is 6.08.